The fourth-order valence-electron chi connectivity index (χ4n) is 4.64. The first kappa shape index (κ1) is 23.9. The number of hydrogen-bond acceptors (Lipinski definition) is 6. The van der Waals surface area contributed by atoms with E-state index in [1.54, 1.807) is 14.2 Å². The Hall–Kier alpha value is -3.77. The number of benzene rings is 3. The quantitative estimate of drug-likeness (QED) is 0.268. The molecule has 0 radical (unpaired) electrons. The van der Waals surface area contributed by atoms with Gasteiger partial charge in [-0.2, -0.15) is 0 Å². The number of piperidine rings is 1. The van der Waals surface area contributed by atoms with E-state index in [0.717, 1.165) is 51.7 Å². The summed E-state index contributed by atoms with van der Waals surface area (Å²) in [6, 6.07) is 23.9. The average Bonchev–Trinajstić information content (AvgIpc) is 3.39. The Balaban J connectivity index is 1.42. The molecule has 0 spiro atoms. The lowest BCUT2D eigenvalue weighted by Gasteiger charge is -2.26. The van der Waals surface area contributed by atoms with Crippen LogP contribution in [0.5, 0.6) is 17.2 Å². The molecule has 1 aliphatic rings. The highest BCUT2D eigenvalue weighted by atomic mass is 16.5. The summed E-state index contributed by atoms with van der Waals surface area (Å²) in [7, 11) is 3.32. The molecule has 0 atom stereocenters. The average molecular weight is 485 g/mol. The molecule has 4 aromatic rings. The van der Waals surface area contributed by atoms with Crippen LogP contribution in [0.4, 0.5) is 0 Å². The highest BCUT2D eigenvalue weighted by molar-refractivity contribution is 5.90. The molecule has 3 aromatic carbocycles. The van der Waals surface area contributed by atoms with Crippen LogP contribution in [0.1, 0.15) is 19.3 Å². The van der Waals surface area contributed by atoms with Crippen LogP contribution >= 0.6 is 0 Å². The molecule has 36 heavy (non-hydrogen) atoms. The lowest BCUT2D eigenvalue weighted by molar-refractivity contribution is 0.183. The zero-order valence-electron chi connectivity index (χ0n) is 20.9. The van der Waals surface area contributed by atoms with Crippen LogP contribution in [-0.4, -0.2) is 50.5 Å². The van der Waals surface area contributed by atoms with Gasteiger partial charge in [-0.25, -0.2) is 0 Å². The molecule has 0 unspecified atom stereocenters. The minimum Gasteiger partial charge on any atom is -0.497 e. The van der Waals surface area contributed by atoms with Gasteiger partial charge in [0.25, 0.3) is 0 Å². The Kier molecular flexibility index (Phi) is 7.52. The van der Waals surface area contributed by atoms with Gasteiger partial charge in [0.05, 0.1) is 19.8 Å². The van der Waals surface area contributed by atoms with Crippen molar-refractivity contribution in [3.05, 3.63) is 72.8 Å². The summed E-state index contributed by atoms with van der Waals surface area (Å²) in [4.78, 5) is 2.48. The van der Waals surface area contributed by atoms with Crippen molar-refractivity contribution in [2.45, 2.75) is 19.3 Å². The Morgan fingerprint density at radius 3 is 1.86 bits per heavy atom. The van der Waals surface area contributed by atoms with Crippen molar-refractivity contribution >= 4 is 0 Å². The maximum Gasteiger partial charge on any atom is 0.175 e. The predicted molar refractivity (Wildman–Crippen MR) is 142 cm³/mol. The molecule has 2 heterocycles. The number of aromatic nitrogens is 1. The fourth-order valence-corrected chi connectivity index (χ4v) is 4.64. The number of methoxy groups -OCH3 is 2. The maximum atomic E-state index is 6.05. The van der Waals surface area contributed by atoms with Crippen molar-refractivity contribution in [2.75, 3.05) is 40.5 Å². The van der Waals surface area contributed by atoms with E-state index < -0.39 is 0 Å². The van der Waals surface area contributed by atoms with Crippen LogP contribution < -0.4 is 14.2 Å². The van der Waals surface area contributed by atoms with Gasteiger partial charge in [0, 0.05) is 17.7 Å². The Morgan fingerprint density at radius 1 is 0.694 bits per heavy atom. The third-order valence-electron chi connectivity index (χ3n) is 6.68. The lowest BCUT2D eigenvalue weighted by Crippen LogP contribution is -2.33. The molecule has 1 saturated heterocycles. The Labute approximate surface area is 212 Å². The second kappa shape index (κ2) is 11.3. The maximum absolute atomic E-state index is 6.05. The molecule has 0 saturated carbocycles. The van der Waals surface area contributed by atoms with E-state index in [-0.39, 0.29) is 0 Å². The summed E-state index contributed by atoms with van der Waals surface area (Å²) in [5.74, 6) is 3.16. The summed E-state index contributed by atoms with van der Waals surface area (Å²) < 4.78 is 22.6. The molecule has 1 aromatic heterocycles. The second-order valence-corrected chi connectivity index (χ2v) is 8.97. The first-order valence-electron chi connectivity index (χ1n) is 12.5. The Bertz CT molecular complexity index is 1180. The van der Waals surface area contributed by atoms with E-state index in [2.05, 4.69) is 22.2 Å². The van der Waals surface area contributed by atoms with Crippen molar-refractivity contribution in [3.63, 3.8) is 0 Å². The molecule has 0 aliphatic carbocycles. The van der Waals surface area contributed by atoms with E-state index in [9.17, 15) is 0 Å². The first-order chi connectivity index (χ1) is 17.7. The van der Waals surface area contributed by atoms with E-state index in [4.69, 9.17) is 18.7 Å². The summed E-state index contributed by atoms with van der Waals surface area (Å²) in [6.07, 6.45) is 3.93. The monoisotopic (exact) mass is 484 g/mol. The van der Waals surface area contributed by atoms with Crippen LogP contribution in [-0.2, 0) is 0 Å². The third kappa shape index (κ3) is 5.39. The van der Waals surface area contributed by atoms with Crippen LogP contribution in [0.2, 0.25) is 0 Å². The SMILES string of the molecule is COc1ccc(-c2noc(-c3ccc(OC)cc3)c2-c2ccc(OCCN3CCCCC3)cc2)cc1. The second-order valence-electron chi connectivity index (χ2n) is 8.97. The van der Waals surface area contributed by atoms with E-state index in [1.165, 1.54) is 32.4 Å². The molecule has 0 N–H and O–H groups in total. The van der Waals surface area contributed by atoms with Crippen LogP contribution in [0.3, 0.4) is 0 Å². The van der Waals surface area contributed by atoms with Gasteiger partial charge in [0.2, 0.25) is 0 Å². The van der Waals surface area contributed by atoms with Gasteiger partial charge >= 0.3 is 0 Å². The smallest absolute Gasteiger partial charge is 0.175 e. The normalized spacial score (nSPS) is 13.9. The molecule has 186 valence electrons. The zero-order chi connectivity index (χ0) is 24.7. The van der Waals surface area contributed by atoms with Crippen molar-refractivity contribution in [1.82, 2.24) is 10.1 Å². The summed E-state index contributed by atoms with van der Waals surface area (Å²) in [5, 5.41) is 4.48. The molecule has 1 aliphatic heterocycles. The Morgan fingerprint density at radius 2 is 1.25 bits per heavy atom. The first-order valence-corrected chi connectivity index (χ1v) is 12.5. The molecule has 6 heteroatoms. The highest BCUT2D eigenvalue weighted by Gasteiger charge is 2.21. The van der Waals surface area contributed by atoms with Crippen LogP contribution in [0.25, 0.3) is 33.7 Å². The van der Waals surface area contributed by atoms with Crippen molar-refractivity contribution in [1.29, 1.82) is 0 Å². The zero-order valence-corrected chi connectivity index (χ0v) is 20.9. The summed E-state index contributed by atoms with van der Waals surface area (Å²) >= 11 is 0. The minimum atomic E-state index is 0.695. The molecule has 5 rings (SSSR count). The van der Waals surface area contributed by atoms with Gasteiger partial charge in [-0.3, -0.25) is 4.90 Å². The summed E-state index contributed by atoms with van der Waals surface area (Å²) in [5.41, 5.74) is 4.61. The van der Waals surface area contributed by atoms with Crippen molar-refractivity contribution < 1.29 is 18.7 Å². The number of nitrogens with zero attached hydrogens (tertiary/aromatic N) is 2. The number of hydrogen-bond donors (Lipinski definition) is 0. The number of likely N-dealkylation sites (tertiary alicyclic amines) is 1. The van der Waals surface area contributed by atoms with Gasteiger partial charge in [0.15, 0.2) is 5.76 Å². The minimum absolute atomic E-state index is 0.695. The van der Waals surface area contributed by atoms with E-state index in [1.807, 2.05) is 60.7 Å². The standard InChI is InChI=1S/C30H32N2O4/c1-33-25-12-8-23(9-13-25)29-28(30(36-31-29)24-10-14-26(34-2)15-11-24)22-6-16-27(17-7-22)35-21-20-32-18-4-3-5-19-32/h6-17H,3-5,18-21H2,1-2H3. The highest BCUT2D eigenvalue weighted by Crippen LogP contribution is 2.41. The lowest BCUT2D eigenvalue weighted by atomic mass is 9.96. The van der Waals surface area contributed by atoms with Crippen LogP contribution in [0.15, 0.2) is 77.3 Å². The molecule has 6 nitrogen and oxygen atoms in total. The topological polar surface area (TPSA) is 57.0 Å². The van der Waals surface area contributed by atoms with Gasteiger partial charge < -0.3 is 18.7 Å². The van der Waals surface area contributed by atoms with Gasteiger partial charge in [-0.1, -0.05) is 23.7 Å². The van der Waals surface area contributed by atoms with E-state index >= 15 is 0 Å². The van der Waals surface area contributed by atoms with Gasteiger partial charge in [0.1, 0.15) is 29.5 Å². The number of rotatable bonds is 9. The molecule has 0 bridgehead atoms. The molecular formula is C30H32N2O4. The summed E-state index contributed by atoms with van der Waals surface area (Å²) in [6.45, 7) is 4.02. The van der Waals surface area contributed by atoms with E-state index in [0.29, 0.717) is 12.4 Å². The molecule has 1 fully saturated rings. The van der Waals surface area contributed by atoms with Gasteiger partial charge in [-0.15, -0.1) is 0 Å². The largest absolute Gasteiger partial charge is 0.497 e. The molecular weight excluding hydrogens is 452 g/mol. The van der Waals surface area contributed by atoms with Crippen molar-refractivity contribution in [3.8, 4) is 51.0 Å². The predicted octanol–water partition coefficient (Wildman–Crippen LogP) is 6.56. The van der Waals surface area contributed by atoms with Gasteiger partial charge in [-0.05, 0) is 92.2 Å². The number of ether oxygens (including phenoxy) is 3. The molecule has 0 amide bonds. The van der Waals surface area contributed by atoms with Crippen molar-refractivity contribution in [2.24, 2.45) is 0 Å². The fraction of sp³-hybridized carbons (Fsp3) is 0.300. The third-order valence-corrected chi connectivity index (χ3v) is 6.68. The van der Waals surface area contributed by atoms with Crippen LogP contribution in [0, 0.1) is 0 Å².